The van der Waals surface area contributed by atoms with Gasteiger partial charge in [-0.1, -0.05) is 0 Å². The minimum Gasteiger partial charge on any atom is -0.371 e. The molecule has 2 rings (SSSR count). The monoisotopic (exact) mass is 324 g/mol. The largest absolute Gasteiger partial charge is 0.371 e. The molecule has 1 aromatic rings. The number of Topliss-reactive ketones (excluding diaryl/α,β-unsaturated/α-hetero) is 1. The number of anilines is 1. The van der Waals surface area contributed by atoms with Gasteiger partial charge in [-0.05, 0) is 74.0 Å². The third-order valence-electron chi connectivity index (χ3n) is 3.98. The van der Waals surface area contributed by atoms with Gasteiger partial charge in [0.2, 0.25) is 0 Å². The maximum atomic E-state index is 11.4. The number of carbonyl (C=O) groups excluding carboxylic acids is 1. The van der Waals surface area contributed by atoms with E-state index in [1.54, 1.807) is 6.92 Å². The first-order valence-corrected chi connectivity index (χ1v) is 7.50. The molecular weight excluding hydrogens is 304 g/mol. The van der Waals surface area contributed by atoms with E-state index in [2.05, 4.69) is 45.9 Å². The Morgan fingerprint density at radius 2 is 2.00 bits per heavy atom. The number of piperidine rings is 1. The Balaban J connectivity index is 2.13. The molecule has 0 atom stereocenters. The Labute approximate surface area is 123 Å². The van der Waals surface area contributed by atoms with E-state index in [1.165, 1.54) is 18.5 Å². The van der Waals surface area contributed by atoms with Gasteiger partial charge in [-0.3, -0.25) is 4.79 Å². The lowest BCUT2D eigenvalue weighted by Crippen LogP contribution is -2.42. The summed E-state index contributed by atoms with van der Waals surface area (Å²) in [6, 6.07) is 6.59. The molecule has 0 spiro atoms. The van der Waals surface area contributed by atoms with E-state index in [1.807, 2.05) is 12.1 Å². The lowest BCUT2D eigenvalue weighted by Gasteiger charge is -2.36. The van der Waals surface area contributed by atoms with E-state index in [9.17, 15) is 4.79 Å². The summed E-state index contributed by atoms with van der Waals surface area (Å²) >= 11 is 3.49. The number of benzene rings is 1. The molecule has 0 unspecified atom stereocenters. The van der Waals surface area contributed by atoms with Gasteiger partial charge in [0.1, 0.15) is 0 Å². The topological polar surface area (TPSA) is 23.6 Å². The average Bonchev–Trinajstić information content (AvgIpc) is 2.38. The first-order chi connectivity index (χ1) is 8.99. The quantitative estimate of drug-likeness (QED) is 0.798. The molecule has 19 heavy (non-hydrogen) atoms. The number of rotatable bonds is 3. The van der Waals surface area contributed by atoms with Crippen molar-refractivity contribution >= 4 is 27.4 Å². The van der Waals surface area contributed by atoms with Crippen LogP contribution in [0.1, 0.15) is 30.1 Å². The van der Waals surface area contributed by atoms with E-state index in [0.29, 0.717) is 6.04 Å². The standard InChI is InChI=1S/C15H21BrN2O/c1-11(19)14-5-4-13(10-15(14)16)18(3)12-6-8-17(2)9-7-12/h4-5,10,12H,6-9H2,1-3H3. The maximum absolute atomic E-state index is 11.4. The van der Waals surface area contributed by atoms with E-state index in [0.717, 1.165) is 23.1 Å². The fourth-order valence-corrected chi connectivity index (χ4v) is 3.25. The predicted octanol–water partition coefficient (Wildman–Crippen LogP) is 3.18. The number of hydrogen-bond acceptors (Lipinski definition) is 3. The maximum Gasteiger partial charge on any atom is 0.160 e. The highest BCUT2D eigenvalue weighted by atomic mass is 79.9. The molecular formula is C15H21BrN2O. The highest BCUT2D eigenvalue weighted by Crippen LogP contribution is 2.27. The summed E-state index contributed by atoms with van der Waals surface area (Å²) in [7, 11) is 4.32. The summed E-state index contributed by atoms with van der Waals surface area (Å²) in [5, 5.41) is 0. The summed E-state index contributed by atoms with van der Waals surface area (Å²) < 4.78 is 0.886. The van der Waals surface area contributed by atoms with Gasteiger partial charge in [-0.2, -0.15) is 0 Å². The lowest BCUT2D eigenvalue weighted by molar-refractivity contribution is 0.101. The molecule has 1 heterocycles. The second kappa shape index (κ2) is 6.06. The molecule has 0 aliphatic carbocycles. The molecule has 4 heteroatoms. The van der Waals surface area contributed by atoms with Gasteiger partial charge >= 0.3 is 0 Å². The van der Waals surface area contributed by atoms with Gasteiger partial charge in [0.25, 0.3) is 0 Å². The summed E-state index contributed by atoms with van der Waals surface area (Å²) in [5.41, 5.74) is 1.92. The predicted molar refractivity (Wildman–Crippen MR) is 83.1 cm³/mol. The van der Waals surface area contributed by atoms with E-state index >= 15 is 0 Å². The molecule has 3 nitrogen and oxygen atoms in total. The van der Waals surface area contributed by atoms with Crippen LogP contribution in [0.5, 0.6) is 0 Å². The van der Waals surface area contributed by atoms with Gasteiger partial charge < -0.3 is 9.80 Å². The van der Waals surface area contributed by atoms with Crippen molar-refractivity contribution in [2.45, 2.75) is 25.8 Å². The van der Waals surface area contributed by atoms with Gasteiger partial charge in [0.05, 0.1) is 0 Å². The number of ketones is 1. The summed E-state index contributed by atoms with van der Waals surface area (Å²) in [5.74, 6) is 0.0976. The van der Waals surface area contributed by atoms with Crippen LogP contribution in [-0.4, -0.2) is 43.9 Å². The summed E-state index contributed by atoms with van der Waals surface area (Å²) in [4.78, 5) is 16.1. The van der Waals surface area contributed by atoms with Crippen molar-refractivity contribution in [3.63, 3.8) is 0 Å². The molecule has 1 fully saturated rings. The Bertz CT molecular complexity index is 467. The molecule has 0 bridgehead atoms. The fourth-order valence-electron chi connectivity index (χ4n) is 2.60. The molecule has 0 amide bonds. The van der Waals surface area contributed by atoms with Crippen molar-refractivity contribution in [1.82, 2.24) is 4.90 Å². The van der Waals surface area contributed by atoms with Crippen LogP contribution in [-0.2, 0) is 0 Å². The normalized spacial score (nSPS) is 17.5. The third-order valence-corrected chi connectivity index (χ3v) is 4.63. The molecule has 1 aromatic carbocycles. The van der Waals surface area contributed by atoms with Crippen LogP contribution >= 0.6 is 15.9 Å². The second-order valence-corrected chi connectivity index (χ2v) is 6.22. The summed E-state index contributed by atoms with van der Waals surface area (Å²) in [6.45, 7) is 3.91. The Kier molecular flexibility index (Phi) is 4.63. The van der Waals surface area contributed by atoms with Crippen molar-refractivity contribution in [3.8, 4) is 0 Å². The fraction of sp³-hybridized carbons (Fsp3) is 0.533. The van der Waals surface area contributed by atoms with Crippen LogP contribution in [0.15, 0.2) is 22.7 Å². The number of carbonyl (C=O) groups is 1. The third kappa shape index (κ3) is 3.37. The molecule has 0 saturated carbocycles. The zero-order valence-corrected chi connectivity index (χ0v) is 13.4. The highest BCUT2D eigenvalue weighted by Gasteiger charge is 2.21. The van der Waals surface area contributed by atoms with Crippen molar-refractivity contribution in [1.29, 1.82) is 0 Å². The van der Waals surface area contributed by atoms with Gasteiger partial charge in [0.15, 0.2) is 5.78 Å². The minimum absolute atomic E-state index is 0.0976. The number of nitrogens with zero attached hydrogens (tertiary/aromatic N) is 2. The molecule has 104 valence electrons. The molecule has 1 saturated heterocycles. The summed E-state index contributed by atoms with van der Waals surface area (Å²) in [6.07, 6.45) is 2.39. The lowest BCUT2D eigenvalue weighted by atomic mass is 10.0. The van der Waals surface area contributed by atoms with Crippen molar-refractivity contribution < 1.29 is 4.79 Å². The zero-order valence-electron chi connectivity index (χ0n) is 11.8. The molecule has 1 aliphatic rings. The van der Waals surface area contributed by atoms with Crippen LogP contribution in [0.4, 0.5) is 5.69 Å². The van der Waals surface area contributed by atoms with E-state index in [4.69, 9.17) is 0 Å². The van der Waals surface area contributed by atoms with Crippen LogP contribution in [0.25, 0.3) is 0 Å². The first kappa shape index (κ1) is 14.5. The Hall–Kier alpha value is -0.870. The smallest absolute Gasteiger partial charge is 0.160 e. The number of likely N-dealkylation sites (tertiary alicyclic amines) is 1. The Morgan fingerprint density at radius 3 is 2.53 bits per heavy atom. The zero-order chi connectivity index (χ0) is 14.0. The number of halogens is 1. The second-order valence-electron chi connectivity index (χ2n) is 5.37. The first-order valence-electron chi connectivity index (χ1n) is 6.71. The van der Waals surface area contributed by atoms with Gasteiger partial charge in [-0.15, -0.1) is 0 Å². The molecule has 0 aromatic heterocycles. The van der Waals surface area contributed by atoms with Crippen LogP contribution in [0.3, 0.4) is 0 Å². The van der Waals surface area contributed by atoms with Crippen LogP contribution in [0, 0.1) is 0 Å². The van der Waals surface area contributed by atoms with Crippen molar-refractivity contribution in [2.24, 2.45) is 0 Å². The van der Waals surface area contributed by atoms with E-state index in [-0.39, 0.29) is 5.78 Å². The van der Waals surface area contributed by atoms with Crippen LogP contribution in [0.2, 0.25) is 0 Å². The molecule has 0 N–H and O–H groups in total. The average molecular weight is 325 g/mol. The number of hydrogen-bond donors (Lipinski definition) is 0. The van der Waals surface area contributed by atoms with Gasteiger partial charge in [-0.25, -0.2) is 0 Å². The van der Waals surface area contributed by atoms with Crippen molar-refractivity contribution in [2.75, 3.05) is 32.1 Å². The van der Waals surface area contributed by atoms with Gasteiger partial charge in [0, 0.05) is 28.8 Å². The van der Waals surface area contributed by atoms with Crippen LogP contribution < -0.4 is 4.90 Å². The van der Waals surface area contributed by atoms with Crippen molar-refractivity contribution in [3.05, 3.63) is 28.2 Å². The Morgan fingerprint density at radius 1 is 1.37 bits per heavy atom. The minimum atomic E-state index is 0.0976. The SMILES string of the molecule is CC(=O)c1ccc(N(C)C2CCN(C)CC2)cc1Br. The molecule has 0 radical (unpaired) electrons. The molecule has 1 aliphatic heterocycles. The highest BCUT2D eigenvalue weighted by molar-refractivity contribution is 9.10. The van der Waals surface area contributed by atoms with E-state index < -0.39 is 0 Å².